The average molecular weight is 315 g/mol. The largest absolute Gasteiger partial charge is 1.00 e. The Hall–Kier alpha value is 2.55. The first-order valence-electron chi connectivity index (χ1n) is 6.51. The summed E-state index contributed by atoms with van der Waals surface area (Å²) in [5, 5.41) is 0. The molecule has 6 heteroatoms. The average Bonchev–Trinajstić information content (AvgIpc) is 2.19. The molecule has 0 rings (SSSR count). The van der Waals surface area contributed by atoms with Crippen LogP contribution in [0.3, 0.4) is 0 Å². The molecule has 0 aliphatic heterocycles. The predicted octanol–water partition coefficient (Wildman–Crippen LogP) is -1.97. The van der Waals surface area contributed by atoms with Crippen molar-refractivity contribution in [3.05, 3.63) is 0 Å². The minimum Gasteiger partial charge on any atom is -1.00 e. The standard InChI is InChI=1S/C12H26O3S.K.Na.2H/c1-2-3-4-5-6-7-8-9-10-11-12-16(13,14)15;;;;/h2-12H2,1H3,(H,13,14,15);;;;/q;2*+1;2*-1. The molecule has 1 N–H and O–H groups in total. The van der Waals surface area contributed by atoms with Gasteiger partial charge in [-0.05, 0) is 6.42 Å². The molecular formula is C12H28KNaO3S. The van der Waals surface area contributed by atoms with Gasteiger partial charge < -0.3 is 2.85 Å². The number of hydrogen-bond acceptors (Lipinski definition) is 2. The van der Waals surface area contributed by atoms with Crippen molar-refractivity contribution in [1.29, 1.82) is 0 Å². The quantitative estimate of drug-likeness (QED) is 0.273. The molecule has 0 aliphatic rings. The van der Waals surface area contributed by atoms with Gasteiger partial charge in [0.2, 0.25) is 0 Å². The summed E-state index contributed by atoms with van der Waals surface area (Å²) in [6.07, 6.45) is 11.7. The third-order valence-electron chi connectivity index (χ3n) is 2.76. The van der Waals surface area contributed by atoms with Gasteiger partial charge in [-0.15, -0.1) is 0 Å². The van der Waals surface area contributed by atoms with Crippen LogP contribution in [-0.2, 0) is 10.1 Å². The fourth-order valence-electron chi connectivity index (χ4n) is 1.77. The number of hydrogen-bond donors (Lipinski definition) is 1. The van der Waals surface area contributed by atoms with Crippen molar-refractivity contribution in [1.82, 2.24) is 0 Å². The Labute approximate surface area is 181 Å². The zero-order valence-electron chi connectivity index (χ0n) is 14.5. The van der Waals surface area contributed by atoms with Gasteiger partial charge in [0, 0.05) is 0 Å². The molecule has 0 aliphatic carbocycles. The topological polar surface area (TPSA) is 54.4 Å². The fraction of sp³-hybridized carbons (Fsp3) is 1.00. The predicted molar refractivity (Wildman–Crippen MR) is 70.5 cm³/mol. The van der Waals surface area contributed by atoms with E-state index in [4.69, 9.17) is 4.55 Å². The summed E-state index contributed by atoms with van der Waals surface area (Å²) in [4.78, 5) is 0. The second-order valence-corrected chi connectivity index (χ2v) is 6.04. The zero-order chi connectivity index (χ0) is 12.3. The van der Waals surface area contributed by atoms with E-state index >= 15 is 0 Å². The SMILES string of the molecule is CCCCCCCCCCCCS(=O)(=O)O.[H-].[H-].[K+].[Na+]. The zero-order valence-corrected chi connectivity index (χ0v) is 18.4. The maximum absolute atomic E-state index is 10.4. The van der Waals surface area contributed by atoms with Crippen molar-refractivity contribution >= 4 is 10.1 Å². The van der Waals surface area contributed by atoms with E-state index in [-0.39, 0.29) is 89.5 Å². The van der Waals surface area contributed by atoms with Gasteiger partial charge in [0.15, 0.2) is 0 Å². The van der Waals surface area contributed by atoms with Crippen LogP contribution in [0.15, 0.2) is 0 Å². The van der Waals surface area contributed by atoms with Gasteiger partial charge >= 0.3 is 80.9 Å². The van der Waals surface area contributed by atoms with Gasteiger partial charge in [0.25, 0.3) is 10.1 Å². The second-order valence-electron chi connectivity index (χ2n) is 4.47. The molecule has 0 unspecified atom stereocenters. The van der Waals surface area contributed by atoms with Crippen molar-refractivity contribution < 1.29 is 96.8 Å². The van der Waals surface area contributed by atoms with E-state index in [2.05, 4.69) is 6.92 Å². The molecule has 0 radical (unpaired) electrons. The minimum absolute atomic E-state index is 0. The maximum atomic E-state index is 10.4. The molecule has 0 bridgehead atoms. The first-order chi connectivity index (χ1) is 7.56. The van der Waals surface area contributed by atoms with Crippen molar-refractivity contribution in [2.75, 3.05) is 5.75 Å². The summed E-state index contributed by atoms with van der Waals surface area (Å²) < 4.78 is 29.4. The Kier molecular flexibility index (Phi) is 24.9. The molecule has 3 nitrogen and oxygen atoms in total. The van der Waals surface area contributed by atoms with Crippen LogP contribution in [0.1, 0.15) is 74.0 Å². The van der Waals surface area contributed by atoms with Gasteiger partial charge in [0.1, 0.15) is 0 Å². The van der Waals surface area contributed by atoms with Gasteiger partial charge in [0.05, 0.1) is 5.75 Å². The smallest absolute Gasteiger partial charge is 1.00 e. The summed E-state index contributed by atoms with van der Waals surface area (Å²) >= 11 is 0. The van der Waals surface area contributed by atoms with Crippen LogP contribution in [-0.4, -0.2) is 18.7 Å². The summed E-state index contributed by atoms with van der Waals surface area (Å²) in [5.41, 5.74) is 0. The van der Waals surface area contributed by atoms with Crippen molar-refractivity contribution in [2.45, 2.75) is 71.1 Å². The molecule has 18 heavy (non-hydrogen) atoms. The molecule has 0 heterocycles. The monoisotopic (exact) mass is 314 g/mol. The minimum atomic E-state index is -3.73. The Morgan fingerprint density at radius 1 is 0.833 bits per heavy atom. The molecule has 0 saturated heterocycles. The van der Waals surface area contributed by atoms with Gasteiger partial charge in [-0.3, -0.25) is 4.55 Å². The van der Waals surface area contributed by atoms with Gasteiger partial charge in [-0.1, -0.05) is 64.7 Å². The van der Waals surface area contributed by atoms with Crippen LogP contribution in [0.25, 0.3) is 0 Å². The van der Waals surface area contributed by atoms with Crippen LogP contribution < -0.4 is 80.9 Å². The maximum Gasteiger partial charge on any atom is 1.00 e. The molecule has 0 aromatic rings. The first kappa shape index (κ1) is 25.5. The summed E-state index contributed by atoms with van der Waals surface area (Å²) in [6.45, 7) is 2.22. The van der Waals surface area contributed by atoms with Crippen molar-refractivity contribution in [3.63, 3.8) is 0 Å². The van der Waals surface area contributed by atoms with E-state index in [0.29, 0.717) is 6.42 Å². The number of unbranched alkanes of at least 4 members (excludes halogenated alkanes) is 9. The van der Waals surface area contributed by atoms with Gasteiger partial charge in [-0.2, -0.15) is 8.42 Å². The third-order valence-corrected chi connectivity index (χ3v) is 3.56. The van der Waals surface area contributed by atoms with Crippen LogP contribution in [0.4, 0.5) is 0 Å². The van der Waals surface area contributed by atoms with E-state index in [1.54, 1.807) is 0 Å². The van der Waals surface area contributed by atoms with E-state index in [1.807, 2.05) is 0 Å². The van der Waals surface area contributed by atoms with Crippen LogP contribution >= 0.6 is 0 Å². The van der Waals surface area contributed by atoms with Crippen LogP contribution in [0.5, 0.6) is 0 Å². The normalized spacial score (nSPS) is 10.6. The summed E-state index contributed by atoms with van der Waals surface area (Å²) in [7, 11) is -3.73. The van der Waals surface area contributed by atoms with E-state index in [9.17, 15) is 8.42 Å². The van der Waals surface area contributed by atoms with E-state index in [1.165, 1.54) is 44.9 Å². The van der Waals surface area contributed by atoms with Crippen LogP contribution in [0.2, 0.25) is 0 Å². The van der Waals surface area contributed by atoms with Crippen molar-refractivity contribution in [3.8, 4) is 0 Å². The second kappa shape index (κ2) is 17.6. The van der Waals surface area contributed by atoms with Crippen LogP contribution in [0, 0.1) is 0 Å². The Balaban J connectivity index is -0.000000187. The fourth-order valence-corrected chi connectivity index (χ4v) is 2.34. The molecule has 0 saturated carbocycles. The van der Waals surface area contributed by atoms with Crippen molar-refractivity contribution in [2.24, 2.45) is 0 Å². The van der Waals surface area contributed by atoms with E-state index in [0.717, 1.165) is 12.8 Å². The molecule has 0 fully saturated rings. The Morgan fingerprint density at radius 3 is 1.50 bits per heavy atom. The molecule has 0 aromatic carbocycles. The molecule has 102 valence electrons. The summed E-state index contributed by atoms with van der Waals surface area (Å²) in [6, 6.07) is 0. The first-order valence-corrected chi connectivity index (χ1v) is 8.12. The Morgan fingerprint density at radius 2 is 1.17 bits per heavy atom. The van der Waals surface area contributed by atoms with E-state index < -0.39 is 10.1 Å². The summed E-state index contributed by atoms with van der Waals surface area (Å²) in [5.74, 6) is -0.0799. The molecule has 0 amide bonds. The molecule has 0 spiro atoms. The molecule has 0 atom stereocenters. The number of rotatable bonds is 11. The molecular weight excluding hydrogens is 286 g/mol. The Bertz CT molecular complexity index is 255. The van der Waals surface area contributed by atoms with Gasteiger partial charge in [-0.25, -0.2) is 0 Å². The molecule has 0 aromatic heterocycles. The third kappa shape index (κ3) is 23.6.